The first-order valence-corrected chi connectivity index (χ1v) is 7.52. The lowest BCUT2D eigenvalue weighted by atomic mass is 9.85. The van der Waals surface area contributed by atoms with Crippen molar-refractivity contribution in [2.45, 2.75) is 45.1 Å². The van der Waals surface area contributed by atoms with E-state index in [0.29, 0.717) is 6.04 Å². The van der Waals surface area contributed by atoms with Gasteiger partial charge in [-0.1, -0.05) is 44.9 Å². The lowest BCUT2D eigenvalue weighted by Gasteiger charge is -2.33. The first kappa shape index (κ1) is 14.9. The van der Waals surface area contributed by atoms with Crippen LogP contribution in [0.2, 0.25) is 0 Å². The van der Waals surface area contributed by atoms with Gasteiger partial charge in [-0.15, -0.1) is 6.42 Å². The lowest BCUT2D eigenvalue weighted by Crippen LogP contribution is -2.39. The summed E-state index contributed by atoms with van der Waals surface area (Å²) in [7, 11) is 0. The maximum absolute atomic E-state index is 5.38. The van der Waals surface area contributed by atoms with Gasteiger partial charge in [0.1, 0.15) is 0 Å². The second-order valence-corrected chi connectivity index (χ2v) is 6.69. The third-order valence-corrected chi connectivity index (χ3v) is 4.00. The van der Waals surface area contributed by atoms with Crippen LogP contribution in [-0.2, 0) is 5.41 Å². The van der Waals surface area contributed by atoms with E-state index in [1.165, 1.54) is 24.1 Å². The van der Waals surface area contributed by atoms with Crippen LogP contribution in [0.15, 0.2) is 24.3 Å². The second-order valence-electron chi connectivity index (χ2n) is 6.69. The molecule has 1 N–H and O–H groups in total. The number of nitrogens with zero attached hydrogens (tertiary/aromatic N) is 1. The summed E-state index contributed by atoms with van der Waals surface area (Å²) in [5.41, 5.74) is 2.86. The van der Waals surface area contributed by atoms with Gasteiger partial charge < -0.3 is 5.32 Å². The summed E-state index contributed by atoms with van der Waals surface area (Å²) < 4.78 is 0. The molecule has 0 unspecified atom stereocenters. The Kier molecular flexibility index (Phi) is 4.73. The summed E-state index contributed by atoms with van der Waals surface area (Å²) in [6.45, 7) is 9.78. The van der Waals surface area contributed by atoms with Crippen molar-refractivity contribution in [1.82, 2.24) is 4.90 Å². The lowest BCUT2D eigenvalue weighted by molar-refractivity contribution is 0.243. The molecule has 108 valence electrons. The monoisotopic (exact) mass is 270 g/mol. The standard InChI is InChI=1S/C18H26N2/c1-5-12-20-13-10-15(11-14-20)19-17-9-7-6-8-16(17)18(2,3)4/h1,6-9,15,19H,10-14H2,2-4H3. The summed E-state index contributed by atoms with van der Waals surface area (Å²) in [5.74, 6) is 2.74. The fourth-order valence-electron chi connectivity index (χ4n) is 2.85. The molecule has 0 atom stereocenters. The van der Waals surface area contributed by atoms with Gasteiger partial charge in [-0.3, -0.25) is 4.90 Å². The predicted molar refractivity (Wildman–Crippen MR) is 87.1 cm³/mol. The number of piperidine rings is 1. The van der Waals surface area contributed by atoms with Gasteiger partial charge in [0.25, 0.3) is 0 Å². The van der Waals surface area contributed by atoms with Gasteiger partial charge in [-0.25, -0.2) is 0 Å². The fraction of sp³-hybridized carbons (Fsp3) is 0.556. The number of rotatable bonds is 3. The number of para-hydroxylation sites is 1. The zero-order valence-electron chi connectivity index (χ0n) is 12.9. The van der Waals surface area contributed by atoms with Gasteiger partial charge in [-0.2, -0.15) is 0 Å². The molecule has 1 fully saturated rings. The quantitative estimate of drug-likeness (QED) is 0.846. The Morgan fingerprint density at radius 2 is 1.90 bits per heavy atom. The highest BCUT2D eigenvalue weighted by Crippen LogP contribution is 2.30. The van der Waals surface area contributed by atoms with Crippen molar-refractivity contribution in [3.63, 3.8) is 0 Å². The van der Waals surface area contributed by atoms with E-state index in [1.807, 2.05) is 0 Å². The molecule has 1 aliphatic rings. The highest BCUT2D eigenvalue weighted by atomic mass is 15.1. The maximum atomic E-state index is 5.38. The summed E-state index contributed by atoms with van der Waals surface area (Å²) in [5, 5.41) is 3.74. The molecule has 0 bridgehead atoms. The zero-order chi connectivity index (χ0) is 14.6. The van der Waals surface area contributed by atoms with Crippen LogP contribution < -0.4 is 5.32 Å². The topological polar surface area (TPSA) is 15.3 Å². The molecule has 1 heterocycles. The molecule has 0 spiro atoms. The first-order chi connectivity index (χ1) is 9.50. The highest BCUT2D eigenvalue weighted by molar-refractivity contribution is 5.54. The minimum absolute atomic E-state index is 0.174. The van der Waals surface area contributed by atoms with E-state index in [4.69, 9.17) is 6.42 Å². The van der Waals surface area contributed by atoms with Crippen molar-refractivity contribution in [1.29, 1.82) is 0 Å². The number of nitrogens with one attached hydrogen (secondary N) is 1. The number of hydrogen-bond acceptors (Lipinski definition) is 2. The molecule has 0 aromatic heterocycles. The Hall–Kier alpha value is -1.46. The van der Waals surface area contributed by atoms with E-state index in [-0.39, 0.29) is 5.41 Å². The summed E-state index contributed by atoms with van der Waals surface area (Å²) in [4.78, 5) is 2.36. The normalized spacial score (nSPS) is 17.7. The zero-order valence-corrected chi connectivity index (χ0v) is 12.9. The van der Waals surface area contributed by atoms with Crippen LogP contribution in [0.1, 0.15) is 39.2 Å². The van der Waals surface area contributed by atoms with Gasteiger partial charge in [0.15, 0.2) is 0 Å². The van der Waals surface area contributed by atoms with Crippen molar-refractivity contribution in [3.8, 4) is 12.3 Å². The van der Waals surface area contributed by atoms with E-state index in [2.05, 4.69) is 61.2 Å². The molecular formula is C18H26N2. The van der Waals surface area contributed by atoms with E-state index >= 15 is 0 Å². The maximum Gasteiger partial charge on any atom is 0.0598 e. The van der Waals surface area contributed by atoms with E-state index < -0.39 is 0 Å². The SMILES string of the molecule is C#CCN1CCC(Nc2ccccc2C(C)(C)C)CC1. The molecule has 20 heavy (non-hydrogen) atoms. The summed E-state index contributed by atoms with van der Waals surface area (Å²) >= 11 is 0. The highest BCUT2D eigenvalue weighted by Gasteiger charge is 2.22. The molecule has 0 amide bonds. The van der Waals surface area contributed by atoms with E-state index in [0.717, 1.165) is 19.6 Å². The average Bonchev–Trinajstić information content (AvgIpc) is 2.41. The fourth-order valence-corrected chi connectivity index (χ4v) is 2.85. The minimum atomic E-state index is 0.174. The van der Waals surface area contributed by atoms with Crippen LogP contribution in [0.25, 0.3) is 0 Å². The molecule has 2 rings (SSSR count). The van der Waals surface area contributed by atoms with Crippen LogP contribution in [0.3, 0.4) is 0 Å². The molecule has 1 aromatic carbocycles. The molecule has 0 saturated carbocycles. The Morgan fingerprint density at radius 3 is 2.50 bits per heavy atom. The van der Waals surface area contributed by atoms with Crippen LogP contribution in [0.4, 0.5) is 5.69 Å². The Morgan fingerprint density at radius 1 is 1.25 bits per heavy atom. The number of anilines is 1. The number of benzene rings is 1. The minimum Gasteiger partial charge on any atom is -0.382 e. The van der Waals surface area contributed by atoms with Crippen molar-refractivity contribution < 1.29 is 0 Å². The van der Waals surface area contributed by atoms with Crippen LogP contribution >= 0.6 is 0 Å². The molecule has 1 aromatic rings. The third kappa shape index (κ3) is 3.77. The number of likely N-dealkylation sites (tertiary alicyclic amines) is 1. The van der Waals surface area contributed by atoms with Gasteiger partial charge in [0, 0.05) is 24.8 Å². The molecule has 0 radical (unpaired) electrons. The Labute approximate surface area is 123 Å². The largest absolute Gasteiger partial charge is 0.382 e. The molecular weight excluding hydrogens is 244 g/mol. The van der Waals surface area contributed by atoms with Crippen LogP contribution in [0, 0.1) is 12.3 Å². The molecule has 1 saturated heterocycles. The predicted octanol–water partition coefficient (Wildman–Crippen LogP) is 3.49. The average molecular weight is 270 g/mol. The van der Waals surface area contributed by atoms with Gasteiger partial charge >= 0.3 is 0 Å². The van der Waals surface area contributed by atoms with Gasteiger partial charge in [0.2, 0.25) is 0 Å². The summed E-state index contributed by atoms with van der Waals surface area (Å²) in [6.07, 6.45) is 7.71. The van der Waals surface area contributed by atoms with Crippen molar-refractivity contribution in [3.05, 3.63) is 29.8 Å². The van der Waals surface area contributed by atoms with Crippen molar-refractivity contribution >= 4 is 5.69 Å². The van der Waals surface area contributed by atoms with Crippen LogP contribution in [0.5, 0.6) is 0 Å². The summed E-state index contributed by atoms with van der Waals surface area (Å²) in [6, 6.07) is 9.24. The van der Waals surface area contributed by atoms with E-state index in [1.54, 1.807) is 0 Å². The van der Waals surface area contributed by atoms with Crippen molar-refractivity contribution in [2.75, 3.05) is 25.0 Å². The second kappa shape index (κ2) is 6.33. The Balaban J connectivity index is 2.00. The Bertz CT molecular complexity index is 471. The molecule has 0 aliphatic carbocycles. The number of terminal acetylenes is 1. The first-order valence-electron chi connectivity index (χ1n) is 7.52. The smallest absolute Gasteiger partial charge is 0.0598 e. The molecule has 1 aliphatic heterocycles. The third-order valence-electron chi connectivity index (χ3n) is 4.00. The van der Waals surface area contributed by atoms with Crippen molar-refractivity contribution in [2.24, 2.45) is 0 Å². The van der Waals surface area contributed by atoms with Crippen LogP contribution in [-0.4, -0.2) is 30.6 Å². The van der Waals surface area contributed by atoms with E-state index in [9.17, 15) is 0 Å². The van der Waals surface area contributed by atoms with Gasteiger partial charge in [0.05, 0.1) is 6.54 Å². The molecule has 2 heteroatoms. The number of hydrogen-bond donors (Lipinski definition) is 1. The van der Waals surface area contributed by atoms with Gasteiger partial charge in [-0.05, 0) is 29.9 Å². The molecule has 2 nitrogen and oxygen atoms in total.